The maximum absolute atomic E-state index is 5.41. The van der Waals surface area contributed by atoms with Gasteiger partial charge in [-0.1, -0.05) is 44.0 Å². The van der Waals surface area contributed by atoms with Crippen LogP contribution in [0.25, 0.3) is 11.3 Å². The zero-order valence-corrected chi connectivity index (χ0v) is 17.6. The molecule has 0 atom stereocenters. The molecule has 0 spiro atoms. The maximum atomic E-state index is 5.41. The van der Waals surface area contributed by atoms with Gasteiger partial charge in [0.2, 0.25) is 4.80 Å². The number of halogens is 2. The van der Waals surface area contributed by atoms with E-state index in [9.17, 15) is 0 Å². The molecule has 0 radical (unpaired) electrons. The van der Waals surface area contributed by atoms with Crippen molar-refractivity contribution in [2.24, 2.45) is 10.1 Å². The van der Waals surface area contributed by atoms with Crippen LogP contribution in [-0.2, 0) is 0 Å². The van der Waals surface area contributed by atoms with E-state index in [0.29, 0.717) is 0 Å². The van der Waals surface area contributed by atoms with Crippen molar-refractivity contribution in [1.29, 1.82) is 0 Å². The zero-order valence-electron chi connectivity index (χ0n) is 13.6. The van der Waals surface area contributed by atoms with E-state index in [1.807, 2.05) is 35.0 Å². The van der Waals surface area contributed by atoms with Crippen LogP contribution in [0.5, 0.6) is 5.75 Å². The Morgan fingerprint density at radius 3 is 2.48 bits per heavy atom. The van der Waals surface area contributed by atoms with Crippen molar-refractivity contribution >= 4 is 49.4 Å². The topological polar surface area (TPSA) is 38.9 Å². The highest BCUT2D eigenvalue weighted by molar-refractivity contribution is 9.10. The van der Waals surface area contributed by atoms with E-state index in [2.05, 4.69) is 59.5 Å². The summed E-state index contributed by atoms with van der Waals surface area (Å²) in [5.41, 5.74) is 2.95. The highest BCUT2D eigenvalue weighted by Gasteiger charge is 2.08. The van der Waals surface area contributed by atoms with Gasteiger partial charge >= 0.3 is 0 Å². The van der Waals surface area contributed by atoms with E-state index < -0.39 is 0 Å². The second-order valence-corrected chi connectivity index (χ2v) is 7.74. The number of thiazole rings is 1. The molecule has 0 amide bonds. The minimum atomic E-state index is 0.767. The number of benzene rings is 2. The first-order valence-corrected chi connectivity index (χ1v) is 9.86. The van der Waals surface area contributed by atoms with E-state index in [4.69, 9.17) is 4.74 Å². The summed E-state index contributed by atoms with van der Waals surface area (Å²) in [5.74, 6) is 0.767. The molecule has 0 aliphatic carbocycles. The predicted octanol–water partition coefficient (Wildman–Crippen LogP) is 5.16. The van der Waals surface area contributed by atoms with Crippen LogP contribution >= 0.6 is 43.2 Å². The van der Waals surface area contributed by atoms with Gasteiger partial charge in [-0.05, 0) is 30.3 Å². The molecular formula is C18H15Br2N3OS. The average molecular weight is 481 g/mol. The number of hydrogen-bond donors (Lipinski definition) is 0. The van der Waals surface area contributed by atoms with Crippen LogP contribution in [0, 0.1) is 0 Å². The van der Waals surface area contributed by atoms with Gasteiger partial charge in [0.25, 0.3) is 0 Å². The van der Waals surface area contributed by atoms with Crippen molar-refractivity contribution in [3.63, 3.8) is 0 Å². The number of aromatic nitrogens is 1. The van der Waals surface area contributed by atoms with E-state index >= 15 is 0 Å². The fraction of sp³-hybridized carbons (Fsp3) is 0.111. The van der Waals surface area contributed by atoms with Crippen molar-refractivity contribution in [2.75, 3.05) is 14.2 Å². The molecule has 7 heteroatoms. The monoisotopic (exact) mass is 479 g/mol. The minimum absolute atomic E-state index is 0.767. The molecule has 0 N–H and O–H groups in total. The fourth-order valence-electron chi connectivity index (χ4n) is 2.31. The molecule has 0 aliphatic heterocycles. The number of ether oxygens (including phenoxy) is 1. The van der Waals surface area contributed by atoms with Crippen molar-refractivity contribution in [3.8, 4) is 17.0 Å². The third-order valence-corrected chi connectivity index (χ3v) is 5.45. The molecule has 3 rings (SSSR count). The molecule has 0 aliphatic rings. The SMILES string of the molecule is CN=c1scc(-c2ccc(Br)cc2)n1/N=C/c1cc(Br)ccc1OC. The van der Waals surface area contributed by atoms with E-state index in [-0.39, 0.29) is 0 Å². The van der Waals surface area contributed by atoms with Gasteiger partial charge < -0.3 is 4.74 Å². The number of methoxy groups -OCH3 is 1. The lowest BCUT2D eigenvalue weighted by atomic mass is 10.2. The molecule has 25 heavy (non-hydrogen) atoms. The second kappa shape index (κ2) is 8.12. The van der Waals surface area contributed by atoms with Gasteiger partial charge in [0.1, 0.15) is 5.75 Å². The fourth-order valence-corrected chi connectivity index (χ4v) is 3.75. The molecular weight excluding hydrogens is 466 g/mol. The third kappa shape index (κ3) is 4.11. The molecule has 0 bridgehead atoms. The first kappa shape index (κ1) is 18.1. The van der Waals surface area contributed by atoms with Crippen molar-refractivity contribution in [3.05, 3.63) is 67.2 Å². The minimum Gasteiger partial charge on any atom is -0.496 e. The molecule has 0 saturated heterocycles. The van der Waals surface area contributed by atoms with Gasteiger partial charge in [0, 0.05) is 32.5 Å². The quantitative estimate of drug-likeness (QED) is 0.475. The van der Waals surface area contributed by atoms with Gasteiger partial charge in [-0.15, -0.1) is 11.3 Å². The average Bonchev–Trinajstić information content (AvgIpc) is 3.03. The summed E-state index contributed by atoms with van der Waals surface area (Å²) >= 11 is 8.51. The first-order chi connectivity index (χ1) is 12.1. The molecule has 1 heterocycles. The summed E-state index contributed by atoms with van der Waals surface area (Å²) < 4.78 is 9.26. The summed E-state index contributed by atoms with van der Waals surface area (Å²) in [4.78, 5) is 5.15. The van der Waals surface area contributed by atoms with Crippen LogP contribution in [0.4, 0.5) is 0 Å². The second-order valence-electron chi connectivity index (χ2n) is 5.08. The van der Waals surface area contributed by atoms with Crippen LogP contribution in [0.3, 0.4) is 0 Å². The Bertz CT molecular complexity index is 975. The number of nitrogens with zero attached hydrogens (tertiary/aromatic N) is 3. The highest BCUT2D eigenvalue weighted by Crippen LogP contribution is 2.24. The molecule has 0 saturated carbocycles. The van der Waals surface area contributed by atoms with Crippen LogP contribution in [0.1, 0.15) is 5.56 Å². The summed E-state index contributed by atoms with van der Waals surface area (Å²) in [7, 11) is 3.42. The lowest BCUT2D eigenvalue weighted by Gasteiger charge is -2.06. The van der Waals surface area contributed by atoms with Crippen molar-refractivity contribution in [2.45, 2.75) is 0 Å². The molecule has 0 fully saturated rings. The molecule has 2 aromatic carbocycles. The Morgan fingerprint density at radius 1 is 1.08 bits per heavy atom. The van der Waals surface area contributed by atoms with Crippen LogP contribution in [-0.4, -0.2) is 25.0 Å². The molecule has 128 valence electrons. The van der Waals surface area contributed by atoms with Gasteiger partial charge in [0.15, 0.2) is 0 Å². The summed E-state index contributed by atoms with van der Waals surface area (Å²) in [6.45, 7) is 0. The van der Waals surface area contributed by atoms with Gasteiger partial charge in [-0.3, -0.25) is 4.99 Å². The lowest BCUT2D eigenvalue weighted by molar-refractivity contribution is 0.414. The lowest BCUT2D eigenvalue weighted by Crippen LogP contribution is -2.11. The van der Waals surface area contributed by atoms with E-state index in [1.165, 1.54) is 0 Å². The summed E-state index contributed by atoms with van der Waals surface area (Å²) in [5, 5.41) is 6.71. The standard InChI is InChI=1S/C18H15Br2N3OS/c1-21-18-23(16(11-25-18)12-3-5-14(19)6-4-12)22-10-13-9-15(20)7-8-17(13)24-2/h3-11H,1-2H3/b21-18?,22-10+. The van der Waals surface area contributed by atoms with Crippen molar-refractivity contribution < 1.29 is 4.74 Å². The molecule has 3 aromatic rings. The summed E-state index contributed by atoms with van der Waals surface area (Å²) in [6, 6.07) is 14.0. The van der Waals surface area contributed by atoms with Crippen LogP contribution < -0.4 is 9.54 Å². The molecule has 0 unspecified atom stereocenters. The first-order valence-electron chi connectivity index (χ1n) is 7.39. The zero-order chi connectivity index (χ0) is 17.8. The van der Waals surface area contributed by atoms with Crippen LogP contribution in [0.15, 0.2) is 66.9 Å². The molecule has 1 aromatic heterocycles. The predicted molar refractivity (Wildman–Crippen MR) is 111 cm³/mol. The smallest absolute Gasteiger partial charge is 0.205 e. The maximum Gasteiger partial charge on any atom is 0.205 e. The van der Waals surface area contributed by atoms with Gasteiger partial charge in [-0.25, -0.2) is 4.68 Å². The van der Waals surface area contributed by atoms with Crippen molar-refractivity contribution in [1.82, 2.24) is 4.68 Å². The Labute approximate surface area is 166 Å². The number of rotatable bonds is 4. The van der Waals surface area contributed by atoms with E-state index in [1.54, 1.807) is 31.7 Å². The van der Waals surface area contributed by atoms with E-state index in [0.717, 1.165) is 36.3 Å². The Kier molecular flexibility index (Phi) is 5.88. The third-order valence-electron chi connectivity index (χ3n) is 3.52. The largest absolute Gasteiger partial charge is 0.496 e. The normalized spacial score (nSPS) is 12.1. The Morgan fingerprint density at radius 2 is 1.80 bits per heavy atom. The van der Waals surface area contributed by atoms with Crippen LogP contribution in [0.2, 0.25) is 0 Å². The summed E-state index contributed by atoms with van der Waals surface area (Å²) in [6.07, 6.45) is 1.79. The van der Waals surface area contributed by atoms with Gasteiger partial charge in [-0.2, -0.15) is 5.10 Å². The Hall–Kier alpha value is -1.70. The highest BCUT2D eigenvalue weighted by atomic mass is 79.9. The molecule has 4 nitrogen and oxygen atoms in total. The van der Waals surface area contributed by atoms with Gasteiger partial charge in [0.05, 0.1) is 19.0 Å². The number of hydrogen-bond acceptors (Lipinski definition) is 4. The Balaban J connectivity index is 2.07.